The number of hydrogen-bond donors (Lipinski definition) is 2. The van der Waals surface area contributed by atoms with Crippen molar-refractivity contribution in [3.8, 4) is 0 Å². The molecule has 1 aliphatic heterocycles. The Labute approximate surface area is 197 Å². The standard InChI is InChI=1S/C28H28F2N2O2/c1-15-10-20-19-4-2-3-5-23(19)31-27(20)28(32(15)24-8-6-16-11-18(24)12-16)26-21(29)13-17(14-22(26)30)7-9-25(33)34/h2-5,7,9,13-16,18,24,28,31H,6,8,10-12H2,1H3,(H,33,34)/b9-7+/t15-,16?,18?,24-,28-/m1/s1. The molecule has 2 heterocycles. The Bertz CT molecular complexity index is 1280. The van der Waals surface area contributed by atoms with Crippen LogP contribution in [-0.2, 0) is 11.2 Å². The third-order valence-electron chi connectivity index (χ3n) is 8.29. The summed E-state index contributed by atoms with van der Waals surface area (Å²) < 4.78 is 31.4. The zero-order valence-electron chi connectivity index (χ0n) is 19.1. The molecule has 176 valence electrons. The number of nitrogens with one attached hydrogen (secondary N) is 1. The topological polar surface area (TPSA) is 56.3 Å². The summed E-state index contributed by atoms with van der Waals surface area (Å²) >= 11 is 0. The Kier molecular flexibility index (Phi) is 5.10. The van der Waals surface area contributed by atoms with Gasteiger partial charge in [0.15, 0.2) is 0 Å². The van der Waals surface area contributed by atoms with Crippen LogP contribution in [-0.4, -0.2) is 33.0 Å². The van der Waals surface area contributed by atoms with Crippen LogP contribution in [0.25, 0.3) is 17.0 Å². The molecule has 2 bridgehead atoms. The average Bonchev–Trinajstić information content (AvgIpc) is 3.15. The molecule has 0 saturated heterocycles. The van der Waals surface area contributed by atoms with E-state index in [1.54, 1.807) is 0 Å². The van der Waals surface area contributed by atoms with Crippen molar-refractivity contribution in [1.29, 1.82) is 0 Å². The lowest BCUT2D eigenvalue weighted by molar-refractivity contribution is -0.131. The number of halogens is 2. The van der Waals surface area contributed by atoms with E-state index in [9.17, 15) is 4.79 Å². The fourth-order valence-electron chi connectivity index (χ4n) is 6.79. The van der Waals surface area contributed by atoms with Gasteiger partial charge >= 0.3 is 5.97 Å². The maximum absolute atomic E-state index is 15.7. The number of rotatable bonds is 4. The number of aliphatic carboxylic acids is 1. The minimum absolute atomic E-state index is 0.0493. The number of H-pyrrole nitrogens is 1. The minimum atomic E-state index is -1.16. The first kappa shape index (κ1) is 21.5. The number of carboxylic acid groups (broad SMARTS) is 1. The highest BCUT2D eigenvalue weighted by Gasteiger charge is 2.49. The van der Waals surface area contributed by atoms with E-state index in [0.717, 1.165) is 47.0 Å². The summed E-state index contributed by atoms with van der Waals surface area (Å²) in [6.45, 7) is 2.18. The van der Waals surface area contributed by atoms with Crippen molar-refractivity contribution < 1.29 is 18.7 Å². The first-order valence-electron chi connectivity index (χ1n) is 12.2. The Balaban J connectivity index is 1.52. The van der Waals surface area contributed by atoms with Crippen LogP contribution in [0.2, 0.25) is 0 Å². The van der Waals surface area contributed by atoms with Gasteiger partial charge in [0.1, 0.15) is 11.6 Å². The molecule has 2 aromatic carbocycles. The first-order chi connectivity index (χ1) is 16.4. The molecule has 0 amide bonds. The lowest BCUT2D eigenvalue weighted by atomic mass is 9.61. The minimum Gasteiger partial charge on any atom is -0.478 e. The van der Waals surface area contributed by atoms with Gasteiger partial charge in [-0.1, -0.05) is 18.2 Å². The fourth-order valence-corrected chi connectivity index (χ4v) is 6.79. The van der Waals surface area contributed by atoms with Gasteiger partial charge in [0.25, 0.3) is 0 Å². The number of hydrogen-bond acceptors (Lipinski definition) is 2. The normalized spacial score (nSPS) is 28.7. The van der Waals surface area contributed by atoms with Crippen LogP contribution in [0.1, 0.15) is 61.0 Å². The van der Waals surface area contributed by atoms with Crippen LogP contribution < -0.4 is 0 Å². The highest BCUT2D eigenvalue weighted by atomic mass is 19.1. The molecule has 4 nitrogen and oxygen atoms in total. The number of fused-ring (bicyclic) bond motifs is 5. The van der Waals surface area contributed by atoms with Gasteiger partial charge in [-0.3, -0.25) is 4.90 Å². The van der Waals surface area contributed by atoms with Crippen molar-refractivity contribution in [3.63, 3.8) is 0 Å². The smallest absolute Gasteiger partial charge is 0.328 e. The number of aromatic nitrogens is 1. The molecule has 34 heavy (non-hydrogen) atoms. The van der Waals surface area contributed by atoms with Crippen LogP contribution in [0.4, 0.5) is 8.78 Å². The zero-order chi connectivity index (χ0) is 23.6. The number of para-hydroxylation sites is 1. The van der Waals surface area contributed by atoms with Crippen molar-refractivity contribution in [2.75, 3.05) is 0 Å². The van der Waals surface area contributed by atoms with Gasteiger partial charge in [-0.25, -0.2) is 13.6 Å². The van der Waals surface area contributed by atoms with Crippen LogP contribution in [0, 0.1) is 23.5 Å². The summed E-state index contributed by atoms with van der Waals surface area (Å²) in [4.78, 5) is 16.8. The number of carbonyl (C=O) groups is 1. The number of benzene rings is 2. The van der Waals surface area contributed by atoms with Gasteiger partial charge in [-0.05, 0) is 86.3 Å². The summed E-state index contributed by atoms with van der Waals surface area (Å²) in [6.07, 6.45) is 7.63. The van der Waals surface area contributed by atoms with E-state index in [2.05, 4.69) is 22.9 Å². The van der Waals surface area contributed by atoms with Crippen LogP contribution in [0.3, 0.4) is 0 Å². The molecule has 0 radical (unpaired) electrons. The SMILES string of the molecule is C[C@@H]1Cc2c([nH]c3ccccc23)[C@@H](c2c(F)cc(/C=C/C(=O)O)cc2F)N1[C@@H]1CCC2CC1C2. The molecule has 2 N–H and O–H groups in total. The number of nitrogens with zero attached hydrogens (tertiary/aromatic N) is 1. The average molecular weight is 463 g/mol. The van der Waals surface area contributed by atoms with Gasteiger partial charge in [-0.2, -0.15) is 0 Å². The highest BCUT2D eigenvalue weighted by Crippen LogP contribution is 2.52. The van der Waals surface area contributed by atoms with E-state index in [1.165, 1.54) is 37.5 Å². The van der Waals surface area contributed by atoms with Crippen LogP contribution in [0.5, 0.6) is 0 Å². The molecule has 0 spiro atoms. The summed E-state index contributed by atoms with van der Waals surface area (Å²) in [5.41, 5.74) is 3.26. The third kappa shape index (κ3) is 3.38. The lowest BCUT2D eigenvalue weighted by Gasteiger charge is -2.55. The second-order valence-corrected chi connectivity index (χ2v) is 10.3. The van der Waals surface area contributed by atoms with Crippen molar-refractivity contribution in [3.05, 3.63) is 76.5 Å². The first-order valence-corrected chi connectivity index (χ1v) is 12.2. The van der Waals surface area contributed by atoms with E-state index in [-0.39, 0.29) is 17.2 Å². The van der Waals surface area contributed by atoms with Gasteiger partial charge in [0, 0.05) is 40.3 Å². The molecule has 3 fully saturated rings. The van der Waals surface area contributed by atoms with Crippen molar-refractivity contribution in [2.45, 2.75) is 57.2 Å². The van der Waals surface area contributed by atoms with Crippen LogP contribution >= 0.6 is 0 Å². The molecule has 3 aromatic rings. The molecule has 1 aromatic heterocycles. The molecular formula is C28H28F2N2O2. The quantitative estimate of drug-likeness (QED) is 0.463. The molecular weight excluding hydrogens is 434 g/mol. The van der Waals surface area contributed by atoms with Gasteiger partial charge in [0.05, 0.1) is 6.04 Å². The molecule has 6 heteroatoms. The predicted octanol–water partition coefficient (Wildman–Crippen LogP) is 6.07. The monoisotopic (exact) mass is 462 g/mol. The zero-order valence-corrected chi connectivity index (χ0v) is 19.1. The molecule has 0 unspecified atom stereocenters. The fraction of sp³-hybridized carbons (Fsp3) is 0.393. The van der Waals surface area contributed by atoms with E-state index < -0.39 is 23.6 Å². The second kappa shape index (κ2) is 8.05. The molecule has 3 saturated carbocycles. The van der Waals surface area contributed by atoms with Crippen molar-refractivity contribution >= 4 is 22.9 Å². The Morgan fingerprint density at radius 3 is 2.56 bits per heavy atom. The lowest BCUT2D eigenvalue weighted by Crippen LogP contribution is -2.56. The second-order valence-electron chi connectivity index (χ2n) is 10.3. The molecule has 3 aliphatic carbocycles. The van der Waals surface area contributed by atoms with Gasteiger partial charge < -0.3 is 10.1 Å². The Morgan fingerprint density at radius 2 is 1.88 bits per heavy atom. The molecule has 7 rings (SSSR count). The maximum atomic E-state index is 15.7. The van der Waals surface area contributed by atoms with Gasteiger partial charge in [0.2, 0.25) is 0 Å². The van der Waals surface area contributed by atoms with E-state index >= 15 is 8.78 Å². The molecule has 3 atom stereocenters. The maximum Gasteiger partial charge on any atom is 0.328 e. The summed E-state index contributed by atoms with van der Waals surface area (Å²) in [6, 6.07) is 10.5. The summed E-state index contributed by atoms with van der Waals surface area (Å²) in [5, 5.41) is 10.0. The Morgan fingerprint density at radius 1 is 1.15 bits per heavy atom. The third-order valence-corrected chi connectivity index (χ3v) is 8.29. The molecule has 4 aliphatic rings. The van der Waals surface area contributed by atoms with Crippen molar-refractivity contribution in [1.82, 2.24) is 9.88 Å². The summed E-state index contributed by atoms with van der Waals surface area (Å²) in [7, 11) is 0. The largest absolute Gasteiger partial charge is 0.478 e. The van der Waals surface area contributed by atoms with E-state index in [1.807, 2.05) is 18.2 Å². The summed E-state index contributed by atoms with van der Waals surface area (Å²) in [5.74, 6) is -1.03. The number of carboxylic acids is 1. The predicted molar refractivity (Wildman–Crippen MR) is 127 cm³/mol. The number of aromatic amines is 1. The van der Waals surface area contributed by atoms with E-state index in [0.29, 0.717) is 12.0 Å². The van der Waals surface area contributed by atoms with Crippen LogP contribution in [0.15, 0.2) is 42.5 Å². The van der Waals surface area contributed by atoms with Gasteiger partial charge in [-0.15, -0.1) is 0 Å². The van der Waals surface area contributed by atoms with Crippen molar-refractivity contribution in [2.24, 2.45) is 11.8 Å². The highest BCUT2D eigenvalue weighted by molar-refractivity contribution is 5.86. The Hall–Kier alpha value is -2.99. The van der Waals surface area contributed by atoms with E-state index in [4.69, 9.17) is 5.11 Å².